The van der Waals surface area contributed by atoms with Gasteiger partial charge < -0.3 is 5.11 Å². The molecule has 0 heterocycles. The SMILES string of the molecule is OCCN(CCc1ccccc1)C1CCCC1. The maximum absolute atomic E-state index is 9.15. The molecule has 0 bridgehead atoms. The first-order chi connectivity index (χ1) is 8.40. The standard InChI is InChI=1S/C15H23NO/c17-13-12-16(15-8-4-5-9-15)11-10-14-6-2-1-3-7-14/h1-3,6-7,15,17H,4-5,8-13H2. The minimum Gasteiger partial charge on any atom is -0.395 e. The lowest BCUT2D eigenvalue weighted by Crippen LogP contribution is -2.37. The highest BCUT2D eigenvalue weighted by atomic mass is 16.3. The van der Waals surface area contributed by atoms with E-state index in [2.05, 4.69) is 35.2 Å². The molecule has 0 aromatic heterocycles. The summed E-state index contributed by atoms with van der Waals surface area (Å²) in [6, 6.07) is 11.3. The maximum atomic E-state index is 9.15. The van der Waals surface area contributed by atoms with Crippen LogP contribution < -0.4 is 0 Å². The Morgan fingerprint density at radius 2 is 1.76 bits per heavy atom. The zero-order valence-electron chi connectivity index (χ0n) is 10.5. The molecular weight excluding hydrogens is 210 g/mol. The van der Waals surface area contributed by atoms with Gasteiger partial charge in [0, 0.05) is 19.1 Å². The first-order valence-corrected chi connectivity index (χ1v) is 6.79. The van der Waals surface area contributed by atoms with Crippen LogP contribution in [0, 0.1) is 0 Å². The third kappa shape index (κ3) is 3.83. The average Bonchev–Trinajstić information content (AvgIpc) is 2.89. The molecule has 17 heavy (non-hydrogen) atoms. The topological polar surface area (TPSA) is 23.5 Å². The van der Waals surface area contributed by atoms with E-state index in [1.165, 1.54) is 31.2 Å². The molecule has 2 nitrogen and oxygen atoms in total. The van der Waals surface area contributed by atoms with Crippen LogP contribution in [0.15, 0.2) is 30.3 Å². The number of hydrogen-bond acceptors (Lipinski definition) is 2. The van der Waals surface area contributed by atoms with E-state index in [1.54, 1.807) is 0 Å². The van der Waals surface area contributed by atoms with Gasteiger partial charge in [-0.1, -0.05) is 43.2 Å². The van der Waals surface area contributed by atoms with E-state index < -0.39 is 0 Å². The Balaban J connectivity index is 1.84. The van der Waals surface area contributed by atoms with Gasteiger partial charge in [0.25, 0.3) is 0 Å². The second kappa shape index (κ2) is 6.77. The van der Waals surface area contributed by atoms with Gasteiger partial charge in [-0.15, -0.1) is 0 Å². The summed E-state index contributed by atoms with van der Waals surface area (Å²) in [5, 5.41) is 9.15. The van der Waals surface area contributed by atoms with Gasteiger partial charge in [0.1, 0.15) is 0 Å². The molecule has 1 fully saturated rings. The summed E-state index contributed by atoms with van der Waals surface area (Å²) >= 11 is 0. The van der Waals surface area contributed by atoms with Gasteiger partial charge in [0.05, 0.1) is 6.61 Å². The van der Waals surface area contributed by atoms with Gasteiger partial charge >= 0.3 is 0 Å². The Bertz CT molecular complexity index is 306. The Morgan fingerprint density at radius 1 is 1.06 bits per heavy atom. The van der Waals surface area contributed by atoms with Crippen molar-refractivity contribution in [2.24, 2.45) is 0 Å². The lowest BCUT2D eigenvalue weighted by Gasteiger charge is -2.28. The molecule has 0 aliphatic heterocycles. The number of aliphatic hydroxyl groups is 1. The van der Waals surface area contributed by atoms with Gasteiger partial charge in [-0.25, -0.2) is 0 Å². The maximum Gasteiger partial charge on any atom is 0.0558 e. The minimum absolute atomic E-state index is 0.283. The summed E-state index contributed by atoms with van der Waals surface area (Å²) in [6.07, 6.45) is 6.44. The lowest BCUT2D eigenvalue weighted by atomic mass is 10.1. The molecule has 1 aliphatic carbocycles. The minimum atomic E-state index is 0.283. The summed E-state index contributed by atoms with van der Waals surface area (Å²) in [4.78, 5) is 2.47. The van der Waals surface area contributed by atoms with E-state index in [0.29, 0.717) is 6.04 Å². The van der Waals surface area contributed by atoms with Crippen molar-refractivity contribution in [3.63, 3.8) is 0 Å². The summed E-state index contributed by atoms with van der Waals surface area (Å²) in [6.45, 7) is 2.19. The molecule has 0 atom stereocenters. The van der Waals surface area contributed by atoms with Crippen LogP contribution in [0.5, 0.6) is 0 Å². The van der Waals surface area contributed by atoms with Crippen LogP contribution in [-0.2, 0) is 6.42 Å². The molecule has 2 rings (SSSR count). The molecule has 0 radical (unpaired) electrons. The highest BCUT2D eigenvalue weighted by Crippen LogP contribution is 2.23. The van der Waals surface area contributed by atoms with Crippen molar-refractivity contribution in [3.05, 3.63) is 35.9 Å². The smallest absolute Gasteiger partial charge is 0.0558 e. The fraction of sp³-hybridized carbons (Fsp3) is 0.600. The van der Waals surface area contributed by atoms with Crippen LogP contribution >= 0.6 is 0 Å². The molecule has 0 amide bonds. The molecular formula is C15H23NO. The Labute approximate surface area is 104 Å². The summed E-state index contributed by atoms with van der Waals surface area (Å²) < 4.78 is 0. The Kier molecular flexibility index (Phi) is 5.02. The van der Waals surface area contributed by atoms with E-state index >= 15 is 0 Å². The third-order valence-corrected chi connectivity index (χ3v) is 3.76. The monoisotopic (exact) mass is 233 g/mol. The highest BCUT2D eigenvalue weighted by Gasteiger charge is 2.21. The predicted octanol–water partition coefficient (Wildman–Crippen LogP) is 2.47. The van der Waals surface area contributed by atoms with Crippen LogP contribution in [0.3, 0.4) is 0 Å². The average molecular weight is 233 g/mol. The number of nitrogens with zero attached hydrogens (tertiary/aromatic N) is 1. The second-order valence-corrected chi connectivity index (χ2v) is 4.93. The van der Waals surface area contributed by atoms with Crippen molar-refractivity contribution in [2.75, 3.05) is 19.7 Å². The first-order valence-electron chi connectivity index (χ1n) is 6.79. The summed E-state index contributed by atoms with van der Waals surface area (Å²) in [5.41, 5.74) is 1.40. The van der Waals surface area contributed by atoms with Gasteiger partial charge in [-0.3, -0.25) is 4.90 Å². The second-order valence-electron chi connectivity index (χ2n) is 4.93. The predicted molar refractivity (Wildman–Crippen MR) is 71.1 cm³/mol. The molecule has 1 aromatic carbocycles. The van der Waals surface area contributed by atoms with Gasteiger partial charge in [0.15, 0.2) is 0 Å². The molecule has 1 N–H and O–H groups in total. The van der Waals surface area contributed by atoms with Crippen molar-refractivity contribution >= 4 is 0 Å². The van der Waals surface area contributed by atoms with Crippen molar-refractivity contribution in [1.29, 1.82) is 0 Å². The third-order valence-electron chi connectivity index (χ3n) is 3.76. The van der Waals surface area contributed by atoms with Crippen molar-refractivity contribution in [3.8, 4) is 0 Å². The Morgan fingerprint density at radius 3 is 2.41 bits per heavy atom. The molecule has 1 aromatic rings. The van der Waals surface area contributed by atoms with E-state index in [-0.39, 0.29) is 6.61 Å². The molecule has 1 saturated carbocycles. The van der Waals surface area contributed by atoms with Crippen LogP contribution in [0.25, 0.3) is 0 Å². The fourth-order valence-corrected chi connectivity index (χ4v) is 2.79. The highest BCUT2D eigenvalue weighted by molar-refractivity contribution is 5.14. The largest absolute Gasteiger partial charge is 0.395 e. The Hall–Kier alpha value is -0.860. The van der Waals surface area contributed by atoms with Crippen LogP contribution in [0.2, 0.25) is 0 Å². The van der Waals surface area contributed by atoms with Crippen molar-refractivity contribution in [1.82, 2.24) is 4.90 Å². The summed E-state index contributed by atoms with van der Waals surface area (Å²) in [7, 11) is 0. The first kappa shape index (κ1) is 12.6. The normalized spacial score (nSPS) is 16.8. The molecule has 0 spiro atoms. The number of aliphatic hydroxyl groups excluding tert-OH is 1. The number of hydrogen-bond donors (Lipinski definition) is 1. The van der Waals surface area contributed by atoms with Gasteiger partial charge in [0.2, 0.25) is 0 Å². The lowest BCUT2D eigenvalue weighted by molar-refractivity contribution is 0.153. The number of rotatable bonds is 6. The van der Waals surface area contributed by atoms with Crippen LogP contribution in [-0.4, -0.2) is 35.7 Å². The zero-order valence-corrected chi connectivity index (χ0v) is 10.5. The molecule has 2 heteroatoms. The quantitative estimate of drug-likeness (QED) is 0.816. The summed E-state index contributed by atoms with van der Waals surface area (Å²) in [5.74, 6) is 0. The van der Waals surface area contributed by atoms with Crippen LogP contribution in [0.4, 0.5) is 0 Å². The van der Waals surface area contributed by atoms with E-state index in [9.17, 15) is 0 Å². The van der Waals surface area contributed by atoms with E-state index in [1.807, 2.05) is 0 Å². The van der Waals surface area contributed by atoms with Crippen molar-refractivity contribution < 1.29 is 5.11 Å². The van der Waals surface area contributed by atoms with E-state index in [0.717, 1.165) is 19.5 Å². The number of benzene rings is 1. The zero-order chi connectivity index (χ0) is 11.9. The molecule has 0 saturated heterocycles. The molecule has 94 valence electrons. The van der Waals surface area contributed by atoms with Gasteiger partial charge in [-0.05, 0) is 24.8 Å². The fourth-order valence-electron chi connectivity index (χ4n) is 2.79. The van der Waals surface area contributed by atoms with Gasteiger partial charge in [-0.2, -0.15) is 0 Å². The van der Waals surface area contributed by atoms with Crippen LogP contribution in [0.1, 0.15) is 31.2 Å². The van der Waals surface area contributed by atoms with E-state index in [4.69, 9.17) is 5.11 Å². The molecule has 0 unspecified atom stereocenters. The van der Waals surface area contributed by atoms with Crippen molar-refractivity contribution in [2.45, 2.75) is 38.1 Å². The molecule has 1 aliphatic rings.